The summed E-state index contributed by atoms with van der Waals surface area (Å²) in [6.45, 7) is 4.23. The van der Waals surface area contributed by atoms with Crippen LogP contribution in [0.1, 0.15) is 37.4 Å². The lowest BCUT2D eigenvalue weighted by Crippen LogP contribution is -2.09. The first-order valence-corrected chi connectivity index (χ1v) is 6.85. The van der Waals surface area contributed by atoms with Gasteiger partial charge in [0, 0.05) is 11.6 Å². The van der Waals surface area contributed by atoms with Crippen LogP contribution in [0.3, 0.4) is 0 Å². The first kappa shape index (κ1) is 13.6. The summed E-state index contributed by atoms with van der Waals surface area (Å²) < 4.78 is 5.95. The summed E-state index contributed by atoms with van der Waals surface area (Å²) in [5.41, 5.74) is 8.49. The van der Waals surface area contributed by atoms with Crippen LogP contribution in [0, 0.1) is 0 Å². The summed E-state index contributed by atoms with van der Waals surface area (Å²) in [5.74, 6) is 1.70. The van der Waals surface area contributed by atoms with E-state index in [4.69, 9.17) is 10.5 Å². The van der Waals surface area contributed by atoms with Gasteiger partial charge in [-0.05, 0) is 36.6 Å². The second-order valence-corrected chi connectivity index (χ2v) is 4.65. The van der Waals surface area contributed by atoms with Crippen molar-refractivity contribution in [3.8, 4) is 11.5 Å². The summed E-state index contributed by atoms with van der Waals surface area (Å²) in [4.78, 5) is 0. The number of benzene rings is 2. The Morgan fingerprint density at radius 1 is 1.00 bits per heavy atom. The Hall–Kier alpha value is -1.80. The molecule has 0 spiro atoms. The molecule has 2 aromatic rings. The van der Waals surface area contributed by atoms with Gasteiger partial charge in [-0.3, -0.25) is 0 Å². The molecule has 0 heterocycles. The van der Waals surface area contributed by atoms with E-state index in [-0.39, 0.29) is 6.04 Å². The Balaban J connectivity index is 2.22. The predicted octanol–water partition coefficient (Wildman–Crippen LogP) is 4.45. The lowest BCUT2D eigenvalue weighted by Gasteiger charge is -2.15. The highest BCUT2D eigenvalue weighted by Gasteiger charge is 2.10. The smallest absolute Gasteiger partial charge is 0.132 e. The van der Waals surface area contributed by atoms with Crippen molar-refractivity contribution in [3.63, 3.8) is 0 Å². The molecule has 1 atom stereocenters. The first-order valence-electron chi connectivity index (χ1n) is 6.85. The van der Waals surface area contributed by atoms with Crippen molar-refractivity contribution in [2.75, 3.05) is 0 Å². The summed E-state index contributed by atoms with van der Waals surface area (Å²) in [6, 6.07) is 16.2. The average Bonchev–Trinajstić information content (AvgIpc) is 2.48. The standard InChI is InChI=1S/C17H21NO/c1-3-13-9-11-14(12-10-13)19-17-8-6-5-7-15(17)16(18)4-2/h5-12,16H,3-4,18H2,1-2H3. The van der Waals surface area contributed by atoms with Crippen molar-refractivity contribution in [2.24, 2.45) is 5.73 Å². The summed E-state index contributed by atoms with van der Waals surface area (Å²) in [5, 5.41) is 0. The lowest BCUT2D eigenvalue weighted by atomic mass is 10.0. The fraction of sp³-hybridized carbons (Fsp3) is 0.294. The van der Waals surface area contributed by atoms with E-state index in [0.717, 1.165) is 29.9 Å². The van der Waals surface area contributed by atoms with Gasteiger partial charge in [0.15, 0.2) is 0 Å². The van der Waals surface area contributed by atoms with Crippen LogP contribution in [-0.4, -0.2) is 0 Å². The van der Waals surface area contributed by atoms with Crippen molar-refractivity contribution in [2.45, 2.75) is 32.7 Å². The van der Waals surface area contributed by atoms with Gasteiger partial charge in [-0.2, -0.15) is 0 Å². The number of ether oxygens (including phenoxy) is 1. The highest BCUT2D eigenvalue weighted by atomic mass is 16.5. The number of nitrogens with two attached hydrogens (primary N) is 1. The maximum absolute atomic E-state index is 6.11. The summed E-state index contributed by atoms with van der Waals surface area (Å²) >= 11 is 0. The van der Waals surface area contributed by atoms with Crippen LogP contribution in [-0.2, 0) is 6.42 Å². The Morgan fingerprint density at radius 2 is 1.68 bits per heavy atom. The quantitative estimate of drug-likeness (QED) is 0.856. The van der Waals surface area contributed by atoms with Crippen LogP contribution in [0.2, 0.25) is 0 Å². The average molecular weight is 255 g/mol. The monoisotopic (exact) mass is 255 g/mol. The Bertz CT molecular complexity index is 519. The van der Waals surface area contributed by atoms with Crippen molar-refractivity contribution < 1.29 is 4.74 Å². The maximum Gasteiger partial charge on any atom is 0.132 e. The molecule has 0 amide bonds. The molecule has 0 aliphatic carbocycles. The van der Waals surface area contributed by atoms with E-state index < -0.39 is 0 Å². The molecule has 2 N–H and O–H groups in total. The van der Waals surface area contributed by atoms with Crippen LogP contribution in [0.15, 0.2) is 48.5 Å². The second-order valence-electron chi connectivity index (χ2n) is 4.65. The van der Waals surface area contributed by atoms with Gasteiger partial charge < -0.3 is 10.5 Å². The minimum Gasteiger partial charge on any atom is -0.457 e. The van der Waals surface area contributed by atoms with Crippen LogP contribution in [0.25, 0.3) is 0 Å². The molecule has 2 aromatic carbocycles. The van der Waals surface area contributed by atoms with Crippen LogP contribution in [0.5, 0.6) is 11.5 Å². The van der Waals surface area contributed by atoms with E-state index >= 15 is 0 Å². The van der Waals surface area contributed by atoms with Crippen LogP contribution < -0.4 is 10.5 Å². The van der Waals surface area contributed by atoms with Crippen molar-refractivity contribution >= 4 is 0 Å². The SMILES string of the molecule is CCc1ccc(Oc2ccccc2C(N)CC)cc1. The van der Waals surface area contributed by atoms with E-state index in [1.807, 2.05) is 36.4 Å². The zero-order valence-electron chi connectivity index (χ0n) is 11.6. The summed E-state index contributed by atoms with van der Waals surface area (Å²) in [6.07, 6.45) is 1.94. The number of hydrogen-bond acceptors (Lipinski definition) is 2. The molecule has 0 saturated heterocycles. The zero-order valence-corrected chi connectivity index (χ0v) is 11.6. The molecule has 0 radical (unpaired) electrons. The van der Waals surface area contributed by atoms with Gasteiger partial charge in [-0.15, -0.1) is 0 Å². The minimum atomic E-state index is 0.0196. The molecule has 0 fully saturated rings. The van der Waals surface area contributed by atoms with E-state index in [1.54, 1.807) is 0 Å². The number of rotatable bonds is 5. The molecule has 0 bridgehead atoms. The molecular formula is C17H21NO. The minimum absolute atomic E-state index is 0.0196. The Morgan fingerprint density at radius 3 is 2.32 bits per heavy atom. The zero-order chi connectivity index (χ0) is 13.7. The van der Waals surface area contributed by atoms with Crippen molar-refractivity contribution in [1.29, 1.82) is 0 Å². The fourth-order valence-electron chi connectivity index (χ4n) is 2.02. The highest BCUT2D eigenvalue weighted by Crippen LogP contribution is 2.29. The molecule has 2 heteroatoms. The molecule has 0 saturated carbocycles. The highest BCUT2D eigenvalue weighted by molar-refractivity contribution is 5.40. The molecular weight excluding hydrogens is 234 g/mol. The van der Waals surface area contributed by atoms with Gasteiger partial charge in [0.25, 0.3) is 0 Å². The van der Waals surface area contributed by atoms with E-state index in [2.05, 4.69) is 26.0 Å². The Labute approximate surface area is 115 Å². The first-order chi connectivity index (χ1) is 9.24. The molecule has 2 nitrogen and oxygen atoms in total. The topological polar surface area (TPSA) is 35.2 Å². The third-order valence-electron chi connectivity index (χ3n) is 3.32. The van der Waals surface area contributed by atoms with Gasteiger partial charge in [-0.25, -0.2) is 0 Å². The van der Waals surface area contributed by atoms with Gasteiger partial charge in [0.2, 0.25) is 0 Å². The summed E-state index contributed by atoms with van der Waals surface area (Å²) in [7, 11) is 0. The predicted molar refractivity (Wildman–Crippen MR) is 79.6 cm³/mol. The molecule has 1 unspecified atom stereocenters. The molecule has 2 rings (SSSR count). The molecule has 0 aromatic heterocycles. The van der Waals surface area contributed by atoms with Crippen molar-refractivity contribution in [3.05, 3.63) is 59.7 Å². The number of para-hydroxylation sites is 1. The second kappa shape index (κ2) is 6.39. The lowest BCUT2D eigenvalue weighted by molar-refractivity contribution is 0.468. The van der Waals surface area contributed by atoms with Crippen molar-refractivity contribution in [1.82, 2.24) is 0 Å². The maximum atomic E-state index is 6.11. The largest absolute Gasteiger partial charge is 0.457 e. The van der Waals surface area contributed by atoms with Gasteiger partial charge >= 0.3 is 0 Å². The van der Waals surface area contributed by atoms with Gasteiger partial charge in [0.05, 0.1) is 0 Å². The number of aryl methyl sites for hydroxylation is 1. The van der Waals surface area contributed by atoms with E-state index in [1.165, 1.54) is 5.56 Å². The molecule has 100 valence electrons. The van der Waals surface area contributed by atoms with E-state index in [9.17, 15) is 0 Å². The molecule has 0 aliphatic rings. The Kier molecular flexibility index (Phi) is 4.58. The third kappa shape index (κ3) is 3.36. The van der Waals surface area contributed by atoms with Gasteiger partial charge in [-0.1, -0.05) is 44.2 Å². The third-order valence-corrected chi connectivity index (χ3v) is 3.32. The van der Waals surface area contributed by atoms with Crippen LogP contribution in [0.4, 0.5) is 0 Å². The van der Waals surface area contributed by atoms with Gasteiger partial charge in [0.1, 0.15) is 11.5 Å². The van der Waals surface area contributed by atoms with E-state index in [0.29, 0.717) is 0 Å². The normalized spacial score (nSPS) is 12.2. The fourth-order valence-corrected chi connectivity index (χ4v) is 2.02. The number of hydrogen-bond donors (Lipinski definition) is 1. The van der Waals surface area contributed by atoms with Crippen LogP contribution >= 0.6 is 0 Å². The molecule has 19 heavy (non-hydrogen) atoms. The molecule has 0 aliphatic heterocycles.